The summed E-state index contributed by atoms with van der Waals surface area (Å²) in [6.45, 7) is 27.8. The van der Waals surface area contributed by atoms with Crippen molar-refractivity contribution in [3.8, 4) is 11.1 Å². The topological polar surface area (TPSA) is 6.48 Å². The Morgan fingerprint density at radius 3 is 1.76 bits per heavy atom. The molecule has 6 aromatic carbocycles. The maximum Gasteiger partial charge on any atom is 0.0689 e. The Morgan fingerprint density at radius 2 is 1.14 bits per heavy atom. The van der Waals surface area contributed by atoms with E-state index in [0.717, 1.165) is 63.7 Å². The molecule has 63 heavy (non-hydrogen) atoms. The molecule has 1 aliphatic carbocycles. The van der Waals surface area contributed by atoms with E-state index in [2.05, 4.69) is 203 Å². The standard InChI is InChI=1S/C60H66N2S/c1-36-30-49-53-50(31-36)62(47-26-22-39(57(5,6)7)32-42(47)37-18-16-15-17-19-37)48-35-46-45(59(11,12)28-29-60(46,13)14)34-43(48)52(53)55-54(44-33-40(58(8,9)10)23-27-51(44)63-55)61(49)41-24-20-38(21-25-41)56(2,3)4/h15-27,30-35,52H,28-29H2,1-14H3/i1D3. The predicted molar refractivity (Wildman–Crippen MR) is 274 cm³/mol. The Hall–Kier alpha value is -5.12. The van der Waals surface area contributed by atoms with Gasteiger partial charge in [0.05, 0.1) is 34.4 Å². The number of thiophene rings is 1. The maximum absolute atomic E-state index is 9.15. The minimum absolute atomic E-state index is 0.0252. The van der Waals surface area contributed by atoms with Crippen LogP contribution < -0.4 is 9.80 Å². The molecule has 3 heterocycles. The third-order valence-corrected chi connectivity index (χ3v) is 15.9. The third kappa shape index (κ3) is 6.70. The Balaban J connectivity index is 1.39. The number of fused-ring (bicyclic) bond motifs is 7. The van der Waals surface area contributed by atoms with Gasteiger partial charge in [0.2, 0.25) is 0 Å². The Kier molecular flexibility index (Phi) is 8.48. The van der Waals surface area contributed by atoms with E-state index in [1.165, 1.54) is 48.3 Å². The third-order valence-electron chi connectivity index (χ3n) is 14.7. The fourth-order valence-corrected chi connectivity index (χ4v) is 12.0. The van der Waals surface area contributed by atoms with Gasteiger partial charge in [0.25, 0.3) is 0 Å². The van der Waals surface area contributed by atoms with Gasteiger partial charge in [0.1, 0.15) is 0 Å². The van der Waals surface area contributed by atoms with Gasteiger partial charge in [0.15, 0.2) is 0 Å². The molecule has 0 amide bonds. The van der Waals surface area contributed by atoms with E-state index in [9.17, 15) is 0 Å². The van der Waals surface area contributed by atoms with Crippen LogP contribution in [0.5, 0.6) is 0 Å². The number of aryl methyl sites for hydroxylation is 1. The molecule has 0 bridgehead atoms. The molecular weight excluding hydrogens is 781 g/mol. The van der Waals surface area contributed by atoms with E-state index in [4.69, 9.17) is 4.11 Å². The van der Waals surface area contributed by atoms with Gasteiger partial charge in [0, 0.05) is 35.9 Å². The van der Waals surface area contributed by atoms with E-state index >= 15 is 0 Å². The second-order valence-electron chi connectivity index (χ2n) is 23.2. The fourth-order valence-electron chi connectivity index (χ4n) is 10.7. The summed E-state index contributed by atoms with van der Waals surface area (Å²) >= 11 is 1.90. The lowest BCUT2D eigenvalue weighted by Crippen LogP contribution is -2.36. The van der Waals surface area contributed by atoms with Gasteiger partial charge < -0.3 is 9.80 Å². The number of anilines is 6. The largest absolute Gasteiger partial charge is 0.309 e. The molecule has 3 aliphatic rings. The van der Waals surface area contributed by atoms with Crippen LogP contribution in [-0.4, -0.2) is 0 Å². The molecule has 0 fully saturated rings. The van der Waals surface area contributed by atoms with Crippen molar-refractivity contribution >= 4 is 55.5 Å². The summed E-state index contributed by atoms with van der Waals surface area (Å²) in [5.74, 6) is -0.136. The molecule has 1 aromatic heterocycles. The zero-order chi connectivity index (χ0) is 47.3. The number of benzene rings is 6. The second kappa shape index (κ2) is 13.9. The van der Waals surface area contributed by atoms with Crippen LogP contribution in [-0.2, 0) is 27.1 Å². The molecule has 0 spiro atoms. The van der Waals surface area contributed by atoms with Crippen molar-refractivity contribution < 1.29 is 4.11 Å². The number of hydrogen-bond donors (Lipinski definition) is 0. The molecule has 2 nitrogen and oxygen atoms in total. The van der Waals surface area contributed by atoms with Crippen molar-refractivity contribution in [2.24, 2.45) is 0 Å². The van der Waals surface area contributed by atoms with Crippen LogP contribution in [0.15, 0.2) is 115 Å². The first-order valence-electron chi connectivity index (χ1n) is 24.6. The lowest BCUT2D eigenvalue weighted by Gasteiger charge is -2.48. The summed E-state index contributed by atoms with van der Waals surface area (Å²) < 4.78 is 28.7. The highest BCUT2D eigenvalue weighted by Gasteiger charge is 2.46. The first kappa shape index (κ1) is 38.3. The van der Waals surface area contributed by atoms with Crippen LogP contribution in [0.4, 0.5) is 34.1 Å². The van der Waals surface area contributed by atoms with Crippen molar-refractivity contribution in [2.75, 3.05) is 9.80 Å². The summed E-state index contributed by atoms with van der Waals surface area (Å²) in [4.78, 5) is 6.18. The fraction of sp³-hybridized carbons (Fsp3) is 0.367. The van der Waals surface area contributed by atoms with E-state index in [1.807, 2.05) is 23.5 Å². The zero-order valence-electron chi connectivity index (χ0n) is 42.8. The van der Waals surface area contributed by atoms with Crippen LogP contribution in [0.2, 0.25) is 0 Å². The summed E-state index contributed by atoms with van der Waals surface area (Å²) in [5.41, 5.74) is 17.6. The monoisotopic (exact) mass is 850 g/mol. The highest BCUT2D eigenvalue weighted by Crippen LogP contribution is 2.65. The van der Waals surface area contributed by atoms with Gasteiger partial charge in [-0.15, -0.1) is 11.3 Å². The molecule has 7 aromatic rings. The Morgan fingerprint density at radius 1 is 0.571 bits per heavy atom. The zero-order valence-corrected chi connectivity index (χ0v) is 40.6. The van der Waals surface area contributed by atoms with Gasteiger partial charge in [-0.2, -0.15) is 0 Å². The SMILES string of the molecule is [2H]C([2H])([2H])c1cc2c3c(c1)N(c1ccc(C(C)(C)C)cc1)c1c(sc4ccc(C(C)(C)C)cc14)C3c1cc3c(cc1N2c1ccc(C(C)(C)C)cc1-c1ccccc1)C(C)(C)CCC3(C)C. The van der Waals surface area contributed by atoms with Crippen molar-refractivity contribution in [1.29, 1.82) is 0 Å². The minimum Gasteiger partial charge on any atom is -0.309 e. The summed E-state index contributed by atoms with van der Waals surface area (Å²) in [7, 11) is 0. The van der Waals surface area contributed by atoms with Crippen LogP contribution in [0.25, 0.3) is 21.2 Å². The average Bonchev–Trinajstić information content (AvgIpc) is 3.62. The first-order valence-corrected chi connectivity index (χ1v) is 23.9. The molecule has 1 unspecified atom stereocenters. The van der Waals surface area contributed by atoms with Gasteiger partial charge in [-0.05, 0) is 146 Å². The average molecular weight is 850 g/mol. The maximum atomic E-state index is 9.15. The molecule has 2 aliphatic heterocycles. The molecule has 10 rings (SSSR count). The molecule has 0 saturated heterocycles. The lowest BCUT2D eigenvalue weighted by atomic mass is 9.62. The van der Waals surface area contributed by atoms with E-state index in [0.29, 0.717) is 5.56 Å². The number of hydrogen-bond acceptors (Lipinski definition) is 3. The second-order valence-corrected chi connectivity index (χ2v) is 24.3. The Bertz CT molecular complexity index is 3070. The molecule has 3 heteroatoms. The van der Waals surface area contributed by atoms with E-state index in [1.54, 1.807) is 0 Å². The van der Waals surface area contributed by atoms with Crippen LogP contribution in [0.1, 0.15) is 162 Å². The number of nitrogens with zero attached hydrogens (tertiary/aromatic N) is 2. The lowest BCUT2D eigenvalue weighted by molar-refractivity contribution is 0.331. The minimum atomic E-state index is -2.37. The van der Waals surface area contributed by atoms with Gasteiger partial charge >= 0.3 is 0 Å². The van der Waals surface area contributed by atoms with Crippen molar-refractivity contribution in [1.82, 2.24) is 0 Å². The van der Waals surface area contributed by atoms with Crippen molar-refractivity contribution in [3.63, 3.8) is 0 Å². The van der Waals surface area contributed by atoms with Crippen LogP contribution in [0.3, 0.4) is 0 Å². The van der Waals surface area contributed by atoms with E-state index < -0.39 is 6.85 Å². The van der Waals surface area contributed by atoms with Crippen LogP contribution >= 0.6 is 11.3 Å². The molecular formula is C60H66N2S. The van der Waals surface area contributed by atoms with Crippen LogP contribution in [0, 0.1) is 6.85 Å². The summed E-state index contributed by atoms with van der Waals surface area (Å²) in [5, 5.41) is 1.21. The van der Waals surface area contributed by atoms with Crippen molar-refractivity contribution in [3.05, 3.63) is 165 Å². The highest BCUT2D eigenvalue weighted by atomic mass is 32.1. The van der Waals surface area contributed by atoms with Gasteiger partial charge in [-0.3, -0.25) is 0 Å². The molecule has 1 atom stereocenters. The molecule has 0 radical (unpaired) electrons. The first-order chi connectivity index (χ1) is 30.7. The predicted octanol–water partition coefficient (Wildman–Crippen LogP) is 17.9. The Labute approximate surface area is 386 Å². The smallest absolute Gasteiger partial charge is 0.0689 e. The summed E-state index contributed by atoms with van der Waals surface area (Å²) in [6.07, 6.45) is 2.20. The van der Waals surface area contributed by atoms with Gasteiger partial charge in [-0.1, -0.05) is 151 Å². The highest BCUT2D eigenvalue weighted by molar-refractivity contribution is 7.20. The molecule has 0 N–H and O–H groups in total. The molecule has 322 valence electrons. The summed E-state index contributed by atoms with van der Waals surface area (Å²) in [6, 6.07) is 42.9. The quantitative estimate of drug-likeness (QED) is 0.175. The normalized spacial score (nSPS) is 18.5. The molecule has 0 saturated carbocycles. The van der Waals surface area contributed by atoms with Gasteiger partial charge in [-0.25, -0.2) is 0 Å². The van der Waals surface area contributed by atoms with Crippen molar-refractivity contribution in [2.45, 2.75) is 143 Å². The van der Waals surface area contributed by atoms with E-state index in [-0.39, 0.29) is 33.0 Å². The number of rotatable bonds is 3.